The van der Waals surface area contributed by atoms with E-state index in [0.29, 0.717) is 18.5 Å². The van der Waals surface area contributed by atoms with Crippen LogP contribution in [0.25, 0.3) is 0 Å². The number of hydrogen-bond acceptors (Lipinski definition) is 4. The van der Waals surface area contributed by atoms with Crippen LogP contribution in [0.2, 0.25) is 0 Å². The number of benzene rings is 3. The van der Waals surface area contributed by atoms with Crippen LogP contribution in [0.4, 0.5) is 17.1 Å². The van der Waals surface area contributed by atoms with Crippen molar-refractivity contribution in [1.82, 2.24) is 0 Å². The Hall–Kier alpha value is -4.11. The SMILES string of the molecule is N#CCc1cccc(N[C@H](C(=O)Nc2ccc(N3CCCCC3=O)cc2)c2ccccc2)c1. The first-order valence-electron chi connectivity index (χ1n) is 11.1. The first kappa shape index (κ1) is 22.1. The van der Waals surface area contributed by atoms with Crippen molar-refractivity contribution >= 4 is 28.9 Å². The lowest BCUT2D eigenvalue weighted by molar-refractivity contribution is -0.119. The first-order valence-corrected chi connectivity index (χ1v) is 11.1. The number of nitriles is 1. The summed E-state index contributed by atoms with van der Waals surface area (Å²) in [6.07, 6.45) is 2.84. The van der Waals surface area contributed by atoms with Crippen LogP contribution in [0.3, 0.4) is 0 Å². The van der Waals surface area contributed by atoms with Gasteiger partial charge in [0.05, 0.1) is 12.5 Å². The topological polar surface area (TPSA) is 85.2 Å². The molecule has 1 saturated heterocycles. The van der Waals surface area contributed by atoms with Gasteiger partial charge in [0.1, 0.15) is 6.04 Å². The fourth-order valence-electron chi connectivity index (χ4n) is 3.99. The van der Waals surface area contributed by atoms with E-state index < -0.39 is 6.04 Å². The largest absolute Gasteiger partial charge is 0.370 e. The van der Waals surface area contributed by atoms with Crippen molar-refractivity contribution in [2.24, 2.45) is 0 Å². The summed E-state index contributed by atoms with van der Waals surface area (Å²) < 4.78 is 0. The van der Waals surface area contributed by atoms with Crippen molar-refractivity contribution < 1.29 is 9.59 Å². The lowest BCUT2D eigenvalue weighted by Gasteiger charge is -2.27. The number of piperidine rings is 1. The summed E-state index contributed by atoms with van der Waals surface area (Å²) in [5.74, 6) is -0.0568. The standard InChI is InChI=1S/C27H26N4O2/c28-17-16-20-7-6-10-23(19-20)29-26(21-8-2-1-3-9-21)27(33)30-22-12-14-24(15-13-22)31-18-5-4-11-25(31)32/h1-3,6-10,12-15,19,26,29H,4-5,11,16,18H2,(H,30,33)/t26-/m0/s1. The number of hydrogen-bond donors (Lipinski definition) is 2. The van der Waals surface area contributed by atoms with Gasteiger partial charge >= 0.3 is 0 Å². The van der Waals surface area contributed by atoms with E-state index in [0.717, 1.165) is 41.9 Å². The number of carbonyl (C=O) groups excluding carboxylic acids is 2. The predicted octanol–water partition coefficient (Wildman–Crippen LogP) is 5.06. The van der Waals surface area contributed by atoms with Gasteiger partial charge in [0.25, 0.3) is 5.91 Å². The fraction of sp³-hybridized carbons (Fsp3) is 0.222. The zero-order valence-corrected chi connectivity index (χ0v) is 18.3. The molecular formula is C27H26N4O2. The molecule has 1 atom stereocenters. The van der Waals surface area contributed by atoms with Crippen molar-refractivity contribution in [3.05, 3.63) is 90.0 Å². The van der Waals surface area contributed by atoms with Gasteiger partial charge in [-0.05, 0) is 60.4 Å². The lowest BCUT2D eigenvalue weighted by Crippen LogP contribution is -2.35. The molecule has 0 unspecified atom stereocenters. The Labute approximate surface area is 193 Å². The van der Waals surface area contributed by atoms with Gasteiger partial charge in [-0.1, -0.05) is 42.5 Å². The van der Waals surface area contributed by atoms with Gasteiger partial charge < -0.3 is 15.5 Å². The summed E-state index contributed by atoms with van der Waals surface area (Å²) in [4.78, 5) is 27.3. The molecule has 6 heteroatoms. The molecule has 4 rings (SSSR count). The molecule has 1 aliphatic heterocycles. The highest BCUT2D eigenvalue weighted by molar-refractivity contribution is 5.98. The van der Waals surface area contributed by atoms with Crippen LogP contribution in [-0.2, 0) is 16.0 Å². The number of anilines is 3. The Kier molecular flexibility index (Phi) is 7.01. The van der Waals surface area contributed by atoms with Crippen molar-refractivity contribution in [2.75, 3.05) is 22.1 Å². The summed E-state index contributed by atoms with van der Waals surface area (Å²) in [6, 6.07) is 26.0. The van der Waals surface area contributed by atoms with Crippen LogP contribution in [0.15, 0.2) is 78.9 Å². The van der Waals surface area contributed by atoms with Gasteiger partial charge in [0, 0.05) is 30.0 Å². The predicted molar refractivity (Wildman–Crippen MR) is 130 cm³/mol. The van der Waals surface area contributed by atoms with Gasteiger partial charge in [0.15, 0.2) is 0 Å². The molecule has 1 heterocycles. The molecule has 0 aromatic heterocycles. The van der Waals surface area contributed by atoms with Crippen LogP contribution in [-0.4, -0.2) is 18.4 Å². The molecule has 0 bridgehead atoms. The van der Waals surface area contributed by atoms with Crippen molar-refractivity contribution in [1.29, 1.82) is 5.26 Å². The van der Waals surface area contributed by atoms with Crippen LogP contribution in [0, 0.1) is 11.3 Å². The summed E-state index contributed by atoms with van der Waals surface area (Å²) in [5, 5.41) is 15.3. The maximum Gasteiger partial charge on any atom is 0.251 e. The Bertz CT molecular complexity index is 1150. The molecule has 2 N–H and O–H groups in total. The second-order valence-corrected chi connectivity index (χ2v) is 8.06. The zero-order chi connectivity index (χ0) is 23.0. The molecule has 3 aromatic rings. The van der Waals surface area contributed by atoms with Gasteiger partial charge in [-0.2, -0.15) is 5.26 Å². The van der Waals surface area contributed by atoms with Gasteiger partial charge in [-0.3, -0.25) is 9.59 Å². The van der Waals surface area contributed by atoms with Gasteiger partial charge in [0.2, 0.25) is 5.91 Å². The van der Waals surface area contributed by atoms with Crippen LogP contribution >= 0.6 is 0 Å². The van der Waals surface area contributed by atoms with E-state index in [1.54, 1.807) is 4.90 Å². The van der Waals surface area contributed by atoms with E-state index in [1.807, 2.05) is 78.9 Å². The molecule has 0 aliphatic carbocycles. The van der Waals surface area contributed by atoms with E-state index in [4.69, 9.17) is 5.26 Å². The molecule has 0 saturated carbocycles. The molecule has 33 heavy (non-hydrogen) atoms. The quantitative estimate of drug-likeness (QED) is 0.540. The molecule has 3 aromatic carbocycles. The van der Waals surface area contributed by atoms with E-state index >= 15 is 0 Å². The van der Waals surface area contributed by atoms with E-state index in [2.05, 4.69) is 16.7 Å². The van der Waals surface area contributed by atoms with Crippen molar-refractivity contribution in [2.45, 2.75) is 31.7 Å². The molecular weight excluding hydrogens is 412 g/mol. The third-order valence-corrected chi connectivity index (χ3v) is 5.69. The van der Waals surface area contributed by atoms with Crippen molar-refractivity contribution in [3.8, 4) is 6.07 Å². The van der Waals surface area contributed by atoms with Crippen LogP contribution in [0.5, 0.6) is 0 Å². The molecule has 166 valence electrons. The Morgan fingerprint density at radius 3 is 2.48 bits per heavy atom. The number of carbonyl (C=O) groups is 2. The highest BCUT2D eigenvalue weighted by atomic mass is 16.2. The molecule has 6 nitrogen and oxygen atoms in total. The van der Waals surface area contributed by atoms with E-state index in [1.165, 1.54) is 0 Å². The average molecular weight is 439 g/mol. The van der Waals surface area contributed by atoms with Gasteiger partial charge in [-0.15, -0.1) is 0 Å². The normalized spacial score (nSPS) is 14.3. The fourth-order valence-corrected chi connectivity index (χ4v) is 3.99. The minimum absolute atomic E-state index is 0.144. The number of rotatable bonds is 7. The number of nitrogens with one attached hydrogen (secondary N) is 2. The minimum atomic E-state index is -0.619. The Balaban J connectivity index is 1.51. The molecule has 1 fully saturated rings. The highest BCUT2D eigenvalue weighted by Gasteiger charge is 2.22. The Morgan fingerprint density at radius 1 is 0.970 bits per heavy atom. The molecule has 0 radical (unpaired) electrons. The van der Waals surface area contributed by atoms with Crippen molar-refractivity contribution in [3.63, 3.8) is 0 Å². The molecule has 2 amide bonds. The lowest BCUT2D eigenvalue weighted by atomic mass is 10.0. The third-order valence-electron chi connectivity index (χ3n) is 5.69. The summed E-state index contributed by atoms with van der Waals surface area (Å²) in [7, 11) is 0. The maximum absolute atomic E-state index is 13.3. The summed E-state index contributed by atoms with van der Waals surface area (Å²) in [6.45, 7) is 0.732. The molecule has 1 aliphatic rings. The second kappa shape index (κ2) is 10.5. The van der Waals surface area contributed by atoms with Crippen LogP contribution in [0.1, 0.15) is 36.4 Å². The van der Waals surface area contributed by atoms with E-state index in [-0.39, 0.29) is 11.8 Å². The van der Waals surface area contributed by atoms with E-state index in [9.17, 15) is 9.59 Å². The monoisotopic (exact) mass is 438 g/mol. The molecule has 0 spiro atoms. The first-order chi connectivity index (χ1) is 16.1. The summed E-state index contributed by atoms with van der Waals surface area (Å²) >= 11 is 0. The van der Waals surface area contributed by atoms with Crippen LogP contribution < -0.4 is 15.5 Å². The average Bonchev–Trinajstić information content (AvgIpc) is 2.84. The highest BCUT2D eigenvalue weighted by Crippen LogP contribution is 2.25. The second-order valence-electron chi connectivity index (χ2n) is 8.06. The Morgan fingerprint density at radius 2 is 1.76 bits per heavy atom. The summed E-state index contributed by atoms with van der Waals surface area (Å²) in [5.41, 5.74) is 4.00. The smallest absolute Gasteiger partial charge is 0.251 e. The third kappa shape index (κ3) is 5.58. The number of nitrogens with zero attached hydrogens (tertiary/aromatic N) is 2. The maximum atomic E-state index is 13.3. The minimum Gasteiger partial charge on any atom is -0.370 e. The van der Waals surface area contributed by atoms with Gasteiger partial charge in [-0.25, -0.2) is 0 Å². The zero-order valence-electron chi connectivity index (χ0n) is 18.3. The number of amides is 2.